The molecule has 3 rings (SSSR count). The van der Waals surface area contributed by atoms with E-state index in [4.69, 9.17) is 13.9 Å². The smallest absolute Gasteiger partial charge is 0.315 e. The van der Waals surface area contributed by atoms with Gasteiger partial charge in [0, 0.05) is 13.1 Å². The maximum Gasteiger partial charge on any atom is 0.315 e. The van der Waals surface area contributed by atoms with Gasteiger partial charge in [0.1, 0.15) is 19.0 Å². The van der Waals surface area contributed by atoms with Crippen LogP contribution in [-0.4, -0.2) is 44.8 Å². The Labute approximate surface area is 146 Å². The molecule has 1 aliphatic heterocycles. The van der Waals surface area contributed by atoms with Crippen molar-refractivity contribution in [1.82, 2.24) is 15.5 Å². The van der Waals surface area contributed by atoms with Crippen LogP contribution in [0.5, 0.6) is 11.5 Å². The zero-order valence-corrected chi connectivity index (χ0v) is 14.5. The van der Waals surface area contributed by atoms with Crippen LogP contribution in [-0.2, 0) is 6.54 Å². The number of rotatable bonds is 6. The second-order valence-corrected chi connectivity index (χ2v) is 6.04. The molecule has 2 N–H and O–H groups in total. The molecule has 1 aromatic heterocycles. The number of urea groups is 1. The maximum absolute atomic E-state index is 12.1. The largest absolute Gasteiger partial charge is 0.486 e. The summed E-state index contributed by atoms with van der Waals surface area (Å²) in [6.07, 6.45) is 1.63. The lowest BCUT2D eigenvalue weighted by Gasteiger charge is -2.22. The number of carbonyl (C=O) groups excluding carboxylic acids is 1. The molecule has 7 nitrogen and oxygen atoms in total. The van der Waals surface area contributed by atoms with Crippen LogP contribution < -0.4 is 20.1 Å². The normalized spacial score (nSPS) is 14.2. The molecule has 0 spiro atoms. The van der Waals surface area contributed by atoms with E-state index in [1.165, 1.54) is 0 Å². The summed E-state index contributed by atoms with van der Waals surface area (Å²) in [5.74, 6) is 2.28. The number of hydrogen-bond acceptors (Lipinski definition) is 5. The monoisotopic (exact) mass is 345 g/mol. The van der Waals surface area contributed by atoms with Crippen LogP contribution in [0.3, 0.4) is 0 Å². The number of ether oxygens (including phenoxy) is 2. The van der Waals surface area contributed by atoms with Crippen molar-refractivity contribution >= 4 is 6.03 Å². The van der Waals surface area contributed by atoms with E-state index in [0.29, 0.717) is 26.3 Å². The molecule has 2 heterocycles. The number of fused-ring (bicyclic) bond motifs is 1. The lowest BCUT2D eigenvalue weighted by Crippen LogP contribution is -2.40. The summed E-state index contributed by atoms with van der Waals surface area (Å²) >= 11 is 0. The minimum Gasteiger partial charge on any atom is -0.486 e. The fraction of sp³-hybridized carbons (Fsp3) is 0.389. The van der Waals surface area contributed by atoms with Gasteiger partial charge in [-0.2, -0.15) is 0 Å². The SMILES string of the molecule is CN(C)C(CNC(=O)NCc1ccc2c(c1)OCCO2)c1ccco1. The predicted molar refractivity (Wildman–Crippen MR) is 92.8 cm³/mol. The quantitative estimate of drug-likeness (QED) is 0.839. The Morgan fingerprint density at radius 3 is 2.68 bits per heavy atom. The highest BCUT2D eigenvalue weighted by Gasteiger charge is 2.18. The highest BCUT2D eigenvalue weighted by atomic mass is 16.6. The van der Waals surface area contributed by atoms with Crippen molar-refractivity contribution in [3.05, 3.63) is 47.9 Å². The molecule has 2 amide bonds. The number of hydrogen-bond donors (Lipinski definition) is 2. The minimum absolute atomic E-state index is 0.0185. The van der Waals surface area contributed by atoms with Crippen molar-refractivity contribution in [3.8, 4) is 11.5 Å². The van der Waals surface area contributed by atoms with E-state index in [1.807, 2.05) is 49.3 Å². The van der Waals surface area contributed by atoms with Gasteiger partial charge in [-0.3, -0.25) is 4.90 Å². The summed E-state index contributed by atoms with van der Waals surface area (Å²) in [5, 5.41) is 5.73. The Morgan fingerprint density at radius 1 is 1.16 bits per heavy atom. The van der Waals surface area contributed by atoms with Crippen molar-refractivity contribution in [1.29, 1.82) is 0 Å². The van der Waals surface area contributed by atoms with Crippen molar-refractivity contribution in [3.63, 3.8) is 0 Å². The number of benzene rings is 1. The molecule has 0 saturated heterocycles. The topological polar surface area (TPSA) is 76.0 Å². The molecule has 1 aliphatic rings. The molecule has 1 aromatic carbocycles. The molecule has 1 unspecified atom stereocenters. The van der Waals surface area contributed by atoms with E-state index in [2.05, 4.69) is 10.6 Å². The predicted octanol–water partition coefficient (Wildman–Crippen LogP) is 2.15. The first-order chi connectivity index (χ1) is 12.1. The Bertz CT molecular complexity index is 700. The standard InChI is InChI=1S/C18H23N3O4/c1-21(2)14(15-4-3-7-23-15)12-20-18(22)19-11-13-5-6-16-17(10-13)25-9-8-24-16/h3-7,10,14H,8-9,11-12H2,1-2H3,(H2,19,20,22). The second kappa shape index (κ2) is 7.94. The first kappa shape index (κ1) is 17.2. The Morgan fingerprint density at radius 2 is 1.96 bits per heavy atom. The molecule has 1 atom stereocenters. The van der Waals surface area contributed by atoms with E-state index in [-0.39, 0.29) is 12.1 Å². The molecular formula is C18H23N3O4. The Kier molecular flexibility index (Phi) is 5.45. The number of likely N-dealkylation sites (N-methyl/N-ethyl adjacent to an activating group) is 1. The molecule has 7 heteroatoms. The summed E-state index contributed by atoms with van der Waals surface area (Å²) in [5.41, 5.74) is 0.953. The van der Waals surface area contributed by atoms with Crippen LogP contribution in [0, 0.1) is 0 Å². The summed E-state index contributed by atoms with van der Waals surface area (Å²) in [6, 6.07) is 9.16. The van der Waals surface area contributed by atoms with Gasteiger partial charge >= 0.3 is 6.03 Å². The first-order valence-electron chi connectivity index (χ1n) is 8.23. The number of amides is 2. The number of nitrogens with zero attached hydrogens (tertiary/aromatic N) is 1. The van der Waals surface area contributed by atoms with Gasteiger partial charge < -0.3 is 24.5 Å². The lowest BCUT2D eigenvalue weighted by atomic mass is 10.2. The fourth-order valence-corrected chi connectivity index (χ4v) is 2.65. The first-order valence-corrected chi connectivity index (χ1v) is 8.23. The van der Waals surface area contributed by atoms with Crippen molar-refractivity contribution in [2.75, 3.05) is 33.9 Å². The van der Waals surface area contributed by atoms with E-state index >= 15 is 0 Å². The average molecular weight is 345 g/mol. The average Bonchev–Trinajstić information content (AvgIpc) is 3.14. The molecule has 0 aliphatic carbocycles. The summed E-state index contributed by atoms with van der Waals surface area (Å²) in [7, 11) is 3.89. The molecule has 0 fully saturated rings. The van der Waals surface area contributed by atoms with Gasteiger partial charge in [-0.15, -0.1) is 0 Å². The molecule has 2 aromatic rings. The molecule has 0 bridgehead atoms. The van der Waals surface area contributed by atoms with Crippen LogP contribution in [0.1, 0.15) is 17.4 Å². The van der Waals surface area contributed by atoms with Gasteiger partial charge in [0.15, 0.2) is 11.5 Å². The highest BCUT2D eigenvalue weighted by molar-refractivity contribution is 5.73. The fourth-order valence-electron chi connectivity index (χ4n) is 2.65. The number of carbonyl (C=O) groups is 1. The van der Waals surface area contributed by atoms with Crippen LogP contribution in [0.25, 0.3) is 0 Å². The van der Waals surface area contributed by atoms with Crippen molar-refractivity contribution < 1.29 is 18.7 Å². The molecule has 134 valence electrons. The second-order valence-electron chi connectivity index (χ2n) is 6.04. The van der Waals surface area contributed by atoms with Gasteiger partial charge in [-0.1, -0.05) is 6.07 Å². The van der Waals surface area contributed by atoms with Gasteiger partial charge in [0.25, 0.3) is 0 Å². The summed E-state index contributed by atoms with van der Waals surface area (Å²) in [6.45, 7) is 1.97. The third kappa shape index (κ3) is 4.45. The van der Waals surface area contributed by atoms with E-state index in [1.54, 1.807) is 6.26 Å². The lowest BCUT2D eigenvalue weighted by molar-refractivity contribution is 0.171. The summed E-state index contributed by atoms with van der Waals surface area (Å²) < 4.78 is 16.5. The molecule has 25 heavy (non-hydrogen) atoms. The zero-order valence-electron chi connectivity index (χ0n) is 14.5. The van der Waals surface area contributed by atoms with E-state index in [9.17, 15) is 4.79 Å². The zero-order chi connectivity index (χ0) is 17.6. The van der Waals surface area contributed by atoms with E-state index in [0.717, 1.165) is 22.8 Å². The van der Waals surface area contributed by atoms with Crippen LogP contribution in [0.4, 0.5) is 4.79 Å². The molecular weight excluding hydrogens is 322 g/mol. The number of nitrogens with one attached hydrogen (secondary N) is 2. The molecule has 0 radical (unpaired) electrons. The van der Waals surface area contributed by atoms with Gasteiger partial charge in [-0.25, -0.2) is 4.79 Å². The summed E-state index contributed by atoms with van der Waals surface area (Å²) in [4.78, 5) is 14.1. The Hall–Kier alpha value is -2.67. The van der Waals surface area contributed by atoms with E-state index < -0.39 is 0 Å². The third-order valence-corrected chi connectivity index (χ3v) is 4.01. The highest BCUT2D eigenvalue weighted by Crippen LogP contribution is 2.30. The number of furan rings is 1. The van der Waals surface area contributed by atoms with Crippen LogP contribution >= 0.6 is 0 Å². The van der Waals surface area contributed by atoms with Crippen LogP contribution in [0.2, 0.25) is 0 Å². The Balaban J connectivity index is 1.49. The van der Waals surface area contributed by atoms with Gasteiger partial charge in [0.05, 0.1) is 12.3 Å². The van der Waals surface area contributed by atoms with Crippen molar-refractivity contribution in [2.24, 2.45) is 0 Å². The minimum atomic E-state index is -0.228. The van der Waals surface area contributed by atoms with Gasteiger partial charge in [-0.05, 0) is 43.9 Å². The maximum atomic E-state index is 12.1. The third-order valence-electron chi connectivity index (χ3n) is 4.01. The van der Waals surface area contributed by atoms with Crippen LogP contribution in [0.15, 0.2) is 41.0 Å². The van der Waals surface area contributed by atoms with Crippen molar-refractivity contribution in [2.45, 2.75) is 12.6 Å². The van der Waals surface area contributed by atoms with Gasteiger partial charge in [0.2, 0.25) is 0 Å². The molecule has 0 saturated carbocycles.